The van der Waals surface area contributed by atoms with Crippen LogP contribution in [0.3, 0.4) is 0 Å². The second kappa shape index (κ2) is 8.19. The van der Waals surface area contributed by atoms with Crippen molar-refractivity contribution in [2.24, 2.45) is 5.92 Å². The maximum absolute atomic E-state index is 5.37. The first-order chi connectivity index (χ1) is 12.9. The zero-order valence-electron chi connectivity index (χ0n) is 14.8. The second-order valence-electron chi connectivity index (χ2n) is 6.89. The number of aryl methyl sites for hydroxylation is 1. The third kappa shape index (κ3) is 4.32. The molecule has 6 heteroatoms. The van der Waals surface area contributed by atoms with Crippen molar-refractivity contribution in [3.8, 4) is 11.5 Å². The first-order valence-electron chi connectivity index (χ1n) is 9.21. The maximum Gasteiger partial charge on any atom is 0.259 e. The molecule has 0 saturated carbocycles. The Morgan fingerprint density at radius 2 is 2.04 bits per heavy atom. The summed E-state index contributed by atoms with van der Waals surface area (Å²) < 4.78 is 5.37. The van der Waals surface area contributed by atoms with Gasteiger partial charge in [-0.3, -0.25) is 14.9 Å². The molecule has 4 heterocycles. The van der Waals surface area contributed by atoms with Crippen molar-refractivity contribution in [2.75, 3.05) is 13.1 Å². The molecule has 26 heavy (non-hydrogen) atoms. The van der Waals surface area contributed by atoms with Crippen LogP contribution in [0.4, 0.5) is 0 Å². The normalized spacial score (nSPS) is 18.1. The highest BCUT2D eigenvalue weighted by atomic mass is 16.5. The van der Waals surface area contributed by atoms with E-state index >= 15 is 0 Å². The molecular weight excluding hydrogens is 326 g/mol. The summed E-state index contributed by atoms with van der Waals surface area (Å²) in [5, 5.41) is 4.13. The van der Waals surface area contributed by atoms with Crippen molar-refractivity contribution in [3.63, 3.8) is 0 Å². The van der Waals surface area contributed by atoms with Crippen LogP contribution in [-0.4, -0.2) is 38.1 Å². The monoisotopic (exact) mass is 349 g/mol. The molecule has 4 rings (SSSR count). The van der Waals surface area contributed by atoms with Crippen LogP contribution < -0.4 is 0 Å². The van der Waals surface area contributed by atoms with Gasteiger partial charge in [0, 0.05) is 44.3 Å². The molecule has 1 atom stereocenters. The molecule has 0 spiro atoms. The van der Waals surface area contributed by atoms with Gasteiger partial charge in [-0.25, -0.2) is 0 Å². The highest BCUT2D eigenvalue weighted by Gasteiger charge is 2.20. The van der Waals surface area contributed by atoms with E-state index in [0.29, 0.717) is 11.8 Å². The van der Waals surface area contributed by atoms with E-state index in [-0.39, 0.29) is 0 Å². The van der Waals surface area contributed by atoms with Crippen LogP contribution in [0.1, 0.15) is 30.7 Å². The number of hydrogen-bond donors (Lipinski definition) is 0. The Kier molecular flexibility index (Phi) is 5.30. The number of nitrogens with zero attached hydrogens (tertiary/aromatic N) is 5. The van der Waals surface area contributed by atoms with Crippen LogP contribution in [-0.2, 0) is 13.0 Å². The molecule has 3 aromatic heterocycles. The highest BCUT2D eigenvalue weighted by molar-refractivity contribution is 5.50. The van der Waals surface area contributed by atoms with Crippen LogP contribution >= 0.6 is 0 Å². The summed E-state index contributed by atoms with van der Waals surface area (Å²) in [5.41, 5.74) is 2.20. The SMILES string of the molecule is c1cncc(-c2nc(CCC3CCCN(Cc4ccncc4)C3)no2)c1. The summed E-state index contributed by atoms with van der Waals surface area (Å²) in [6.45, 7) is 3.31. The fraction of sp³-hybridized carbons (Fsp3) is 0.400. The van der Waals surface area contributed by atoms with Crippen molar-refractivity contribution >= 4 is 0 Å². The molecule has 0 aliphatic carbocycles. The van der Waals surface area contributed by atoms with E-state index in [1.54, 1.807) is 12.4 Å². The molecule has 0 amide bonds. The van der Waals surface area contributed by atoms with E-state index in [1.807, 2.05) is 24.5 Å². The van der Waals surface area contributed by atoms with Crippen molar-refractivity contribution in [1.29, 1.82) is 0 Å². The van der Waals surface area contributed by atoms with Gasteiger partial charge in [0.1, 0.15) is 0 Å². The lowest BCUT2D eigenvalue weighted by Gasteiger charge is -2.32. The number of hydrogen-bond acceptors (Lipinski definition) is 6. The number of rotatable bonds is 6. The van der Waals surface area contributed by atoms with Crippen molar-refractivity contribution in [3.05, 3.63) is 60.4 Å². The lowest BCUT2D eigenvalue weighted by Crippen LogP contribution is -2.35. The molecule has 0 N–H and O–H groups in total. The first kappa shape index (κ1) is 16.8. The van der Waals surface area contributed by atoms with E-state index < -0.39 is 0 Å². The quantitative estimate of drug-likeness (QED) is 0.680. The molecular formula is C20H23N5O. The van der Waals surface area contributed by atoms with Crippen LogP contribution in [0.2, 0.25) is 0 Å². The first-order valence-corrected chi connectivity index (χ1v) is 9.21. The number of pyridine rings is 2. The van der Waals surface area contributed by atoms with Crippen LogP contribution in [0.15, 0.2) is 53.6 Å². The Morgan fingerprint density at radius 3 is 2.88 bits per heavy atom. The molecule has 3 aromatic rings. The summed E-state index contributed by atoms with van der Waals surface area (Å²) in [7, 11) is 0. The lowest BCUT2D eigenvalue weighted by atomic mass is 9.93. The third-order valence-electron chi connectivity index (χ3n) is 4.91. The van der Waals surface area contributed by atoms with Gasteiger partial charge in [0.05, 0.1) is 5.56 Å². The minimum atomic E-state index is 0.552. The molecule has 134 valence electrons. The van der Waals surface area contributed by atoms with E-state index in [0.717, 1.165) is 37.3 Å². The van der Waals surface area contributed by atoms with E-state index in [2.05, 4.69) is 37.1 Å². The Labute approximate surface area is 153 Å². The van der Waals surface area contributed by atoms with Crippen molar-refractivity contribution in [2.45, 2.75) is 32.2 Å². The topological polar surface area (TPSA) is 67.9 Å². The Bertz CT molecular complexity index is 805. The van der Waals surface area contributed by atoms with E-state index in [4.69, 9.17) is 4.52 Å². The molecule has 1 fully saturated rings. The van der Waals surface area contributed by atoms with Gasteiger partial charge < -0.3 is 4.52 Å². The van der Waals surface area contributed by atoms with Gasteiger partial charge in [0.25, 0.3) is 5.89 Å². The van der Waals surface area contributed by atoms with Gasteiger partial charge in [0.15, 0.2) is 5.82 Å². The van der Waals surface area contributed by atoms with Gasteiger partial charge in [0.2, 0.25) is 0 Å². The molecule has 0 aromatic carbocycles. The summed E-state index contributed by atoms with van der Waals surface area (Å²) in [5.74, 6) is 2.03. The largest absolute Gasteiger partial charge is 0.334 e. The Hall–Kier alpha value is -2.60. The third-order valence-corrected chi connectivity index (χ3v) is 4.91. The minimum Gasteiger partial charge on any atom is -0.334 e. The average Bonchev–Trinajstić information content (AvgIpc) is 3.17. The minimum absolute atomic E-state index is 0.552. The van der Waals surface area contributed by atoms with Crippen molar-refractivity contribution in [1.82, 2.24) is 25.0 Å². The number of piperidine rings is 1. The Morgan fingerprint density at radius 1 is 1.12 bits per heavy atom. The van der Waals surface area contributed by atoms with Crippen molar-refractivity contribution < 1.29 is 4.52 Å². The maximum atomic E-state index is 5.37. The molecule has 1 aliphatic heterocycles. The predicted molar refractivity (Wildman–Crippen MR) is 98.1 cm³/mol. The second-order valence-corrected chi connectivity index (χ2v) is 6.89. The molecule has 1 aliphatic rings. The van der Waals surface area contributed by atoms with Crippen LogP contribution in [0.5, 0.6) is 0 Å². The van der Waals surface area contributed by atoms with Gasteiger partial charge in [-0.2, -0.15) is 4.98 Å². The molecule has 1 unspecified atom stereocenters. The van der Waals surface area contributed by atoms with Gasteiger partial charge in [-0.15, -0.1) is 0 Å². The van der Waals surface area contributed by atoms with Gasteiger partial charge in [-0.1, -0.05) is 5.16 Å². The summed E-state index contributed by atoms with van der Waals surface area (Å²) >= 11 is 0. The molecule has 0 bridgehead atoms. The van der Waals surface area contributed by atoms with Gasteiger partial charge in [-0.05, 0) is 61.6 Å². The predicted octanol–water partition coefficient (Wildman–Crippen LogP) is 3.37. The number of aromatic nitrogens is 4. The smallest absolute Gasteiger partial charge is 0.259 e. The number of likely N-dealkylation sites (tertiary alicyclic amines) is 1. The summed E-state index contributed by atoms with van der Waals surface area (Å²) in [6.07, 6.45) is 11.7. The highest BCUT2D eigenvalue weighted by Crippen LogP contribution is 2.23. The standard InChI is InChI=1S/C20H23N5O/c1-4-18(13-22-9-1)20-23-19(24-26-20)6-5-16-3-2-12-25(14-16)15-17-7-10-21-11-8-17/h1,4,7-11,13,16H,2-3,5-6,12,14-15H2. The molecule has 0 radical (unpaired) electrons. The summed E-state index contributed by atoms with van der Waals surface area (Å²) in [4.78, 5) is 15.2. The van der Waals surface area contributed by atoms with Crippen LogP contribution in [0.25, 0.3) is 11.5 Å². The Balaban J connectivity index is 1.30. The lowest BCUT2D eigenvalue weighted by molar-refractivity contribution is 0.161. The van der Waals surface area contributed by atoms with E-state index in [9.17, 15) is 0 Å². The van der Waals surface area contributed by atoms with Gasteiger partial charge >= 0.3 is 0 Å². The molecule has 1 saturated heterocycles. The zero-order chi connectivity index (χ0) is 17.6. The van der Waals surface area contributed by atoms with E-state index in [1.165, 1.54) is 24.9 Å². The van der Waals surface area contributed by atoms with Crippen LogP contribution in [0, 0.1) is 5.92 Å². The average molecular weight is 349 g/mol. The fourth-order valence-electron chi connectivity index (χ4n) is 3.57. The summed E-state index contributed by atoms with van der Waals surface area (Å²) in [6, 6.07) is 8.01. The fourth-order valence-corrected chi connectivity index (χ4v) is 3.57. The zero-order valence-corrected chi connectivity index (χ0v) is 14.8. The molecule has 6 nitrogen and oxygen atoms in total.